The van der Waals surface area contributed by atoms with Crippen LogP contribution in [0.25, 0.3) is 0 Å². The fourth-order valence-corrected chi connectivity index (χ4v) is 2.75. The summed E-state index contributed by atoms with van der Waals surface area (Å²) in [5, 5.41) is 6.65. The van der Waals surface area contributed by atoms with Gasteiger partial charge in [-0.05, 0) is 55.0 Å². The SMILES string of the molecule is COc1ccccc1OCC(=O)Nc1ccc(Nc2ccc(Cl)cc2C)cn1. The average Bonchev–Trinajstić information content (AvgIpc) is 2.70. The summed E-state index contributed by atoms with van der Waals surface area (Å²) in [6, 6.07) is 16.3. The minimum absolute atomic E-state index is 0.147. The largest absolute Gasteiger partial charge is 0.493 e. The predicted octanol–water partition coefficient (Wildman–Crippen LogP) is 4.81. The molecule has 0 unspecified atom stereocenters. The first-order chi connectivity index (χ1) is 13.5. The summed E-state index contributed by atoms with van der Waals surface area (Å²) in [6.45, 7) is 1.82. The lowest BCUT2D eigenvalue weighted by atomic mass is 10.2. The van der Waals surface area contributed by atoms with Crippen molar-refractivity contribution in [3.63, 3.8) is 0 Å². The third-order valence-corrected chi connectivity index (χ3v) is 4.16. The highest BCUT2D eigenvalue weighted by molar-refractivity contribution is 6.30. The number of nitrogens with zero attached hydrogens (tertiary/aromatic N) is 1. The van der Waals surface area contributed by atoms with Gasteiger partial charge in [0.1, 0.15) is 5.82 Å². The Morgan fingerprint density at radius 2 is 1.89 bits per heavy atom. The van der Waals surface area contributed by atoms with Crippen molar-refractivity contribution in [2.75, 3.05) is 24.4 Å². The minimum Gasteiger partial charge on any atom is -0.493 e. The highest BCUT2D eigenvalue weighted by Crippen LogP contribution is 2.26. The van der Waals surface area contributed by atoms with Crippen LogP contribution in [0.5, 0.6) is 11.5 Å². The molecule has 3 rings (SSSR count). The maximum Gasteiger partial charge on any atom is 0.263 e. The zero-order valence-electron chi connectivity index (χ0n) is 15.5. The number of hydrogen-bond acceptors (Lipinski definition) is 5. The number of para-hydroxylation sites is 2. The Morgan fingerprint density at radius 3 is 2.57 bits per heavy atom. The fraction of sp³-hybridized carbons (Fsp3) is 0.143. The van der Waals surface area contributed by atoms with Crippen LogP contribution in [0.3, 0.4) is 0 Å². The Balaban J connectivity index is 1.55. The smallest absolute Gasteiger partial charge is 0.263 e. The van der Waals surface area contributed by atoms with Crippen molar-refractivity contribution in [3.8, 4) is 11.5 Å². The molecule has 0 aliphatic rings. The Morgan fingerprint density at radius 1 is 1.11 bits per heavy atom. The van der Waals surface area contributed by atoms with Crippen molar-refractivity contribution in [2.24, 2.45) is 0 Å². The third-order valence-electron chi connectivity index (χ3n) is 3.93. The number of aryl methyl sites for hydroxylation is 1. The Kier molecular flexibility index (Phi) is 6.34. The molecule has 144 valence electrons. The van der Waals surface area contributed by atoms with Gasteiger partial charge in [0.05, 0.1) is 19.0 Å². The molecule has 1 aromatic heterocycles. The highest BCUT2D eigenvalue weighted by Gasteiger charge is 2.08. The maximum absolute atomic E-state index is 12.1. The summed E-state index contributed by atoms with van der Waals surface area (Å²) in [6.07, 6.45) is 1.64. The van der Waals surface area contributed by atoms with Crippen LogP contribution in [0.1, 0.15) is 5.56 Å². The molecule has 0 aliphatic carbocycles. The van der Waals surface area contributed by atoms with Gasteiger partial charge in [0, 0.05) is 10.7 Å². The lowest BCUT2D eigenvalue weighted by Gasteiger charge is -2.11. The van der Waals surface area contributed by atoms with E-state index in [4.69, 9.17) is 21.1 Å². The van der Waals surface area contributed by atoms with Gasteiger partial charge in [0.25, 0.3) is 5.91 Å². The number of carbonyl (C=O) groups excluding carboxylic acids is 1. The summed E-state index contributed by atoms with van der Waals surface area (Å²) in [5.74, 6) is 1.20. The molecule has 0 fully saturated rings. The molecular formula is C21H20ClN3O3. The summed E-state index contributed by atoms with van der Waals surface area (Å²) < 4.78 is 10.7. The number of aromatic nitrogens is 1. The lowest BCUT2D eigenvalue weighted by Crippen LogP contribution is -2.20. The van der Waals surface area contributed by atoms with Gasteiger partial charge in [-0.2, -0.15) is 0 Å². The van der Waals surface area contributed by atoms with Gasteiger partial charge >= 0.3 is 0 Å². The molecule has 1 heterocycles. The van der Waals surface area contributed by atoms with Gasteiger partial charge in [0.2, 0.25) is 0 Å². The van der Waals surface area contributed by atoms with Crippen molar-refractivity contribution < 1.29 is 14.3 Å². The van der Waals surface area contributed by atoms with Crippen LogP contribution in [0.2, 0.25) is 5.02 Å². The van der Waals surface area contributed by atoms with Crippen LogP contribution < -0.4 is 20.1 Å². The second kappa shape index (κ2) is 9.10. The number of methoxy groups -OCH3 is 1. The molecule has 28 heavy (non-hydrogen) atoms. The molecule has 7 heteroatoms. The standard InChI is InChI=1S/C21H20ClN3O3/c1-14-11-15(22)7-9-17(14)24-16-8-10-20(23-12-16)25-21(26)13-28-19-6-4-3-5-18(19)27-2/h3-12,24H,13H2,1-2H3,(H,23,25,26). The number of pyridine rings is 1. The first kappa shape index (κ1) is 19.5. The van der Waals surface area contributed by atoms with E-state index in [9.17, 15) is 4.79 Å². The van der Waals surface area contributed by atoms with Gasteiger partial charge in [-0.15, -0.1) is 0 Å². The van der Waals surface area contributed by atoms with Crippen molar-refractivity contribution in [1.82, 2.24) is 4.98 Å². The molecule has 6 nitrogen and oxygen atoms in total. The number of amides is 1. The summed E-state index contributed by atoms with van der Waals surface area (Å²) in [5.41, 5.74) is 2.76. The van der Waals surface area contributed by atoms with E-state index in [1.165, 1.54) is 0 Å². The Hall–Kier alpha value is -3.25. The van der Waals surface area contributed by atoms with Gasteiger partial charge in [-0.1, -0.05) is 23.7 Å². The predicted molar refractivity (Wildman–Crippen MR) is 111 cm³/mol. The highest BCUT2D eigenvalue weighted by atomic mass is 35.5. The first-order valence-corrected chi connectivity index (χ1v) is 8.98. The van der Waals surface area contributed by atoms with Crippen LogP contribution in [0.4, 0.5) is 17.2 Å². The van der Waals surface area contributed by atoms with Crippen LogP contribution in [-0.4, -0.2) is 24.6 Å². The summed E-state index contributed by atoms with van der Waals surface area (Å²) in [4.78, 5) is 16.3. The van der Waals surface area contributed by atoms with E-state index in [2.05, 4.69) is 15.6 Å². The zero-order chi connectivity index (χ0) is 19.9. The van der Waals surface area contributed by atoms with E-state index in [1.807, 2.05) is 43.3 Å². The van der Waals surface area contributed by atoms with E-state index in [0.717, 1.165) is 16.9 Å². The lowest BCUT2D eigenvalue weighted by molar-refractivity contribution is -0.118. The van der Waals surface area contributed by atoms with Gasteiger partial charge < -0.3 is 20.1 Å². The third kappa shape index (κ3) is 5.14. The molecule has 0 aliphatic heterocycles. The topological polar surface area (TPSA) is 72.5 Å². The van der Waals surface area contributed by atoms with Crippen LogP contribution >= 0.6 is 11.6 Å². The molecule has 0 saturated carbocycles. The van der Waals surface area contributed by atoms with E-state index in [-0.39, 0.29) is 12.5 Å². The molecule has 3 aromatic rings. The summed E-state index contributed by atoms with van der Waals surface area (Å²) >= 11 is 5.97. The van der Waals surface area contributed by atoms with Gasteiger partial charge in [-0.25, -0.2) is 4.98 Å². The number of hydrogen-bond donors (Lipinski definition) is 2. The second-order valence-corrected chi connectivity index (χ2v) is 6.44. The Bertz CT molecular complexity index is 961. The van der Waals surface area contributed by atoms with E-state index in [1.54, 1.807) is 31.5 Å². The van der Waals surface area contributed by atoms with E-state index >= 15 is 0 Å². The molecule has 0 saturated heterocycles. The van der Waals surface area contributed by atoms with Crippen LogP contribution in [-0.2, 0) is 4.79 Å². The number of anilines is 3. The number of ether oxygens (including phenoxy) is 2. The molecular weight excluding hydrogens is 378 g/mol. The number of halogens is 1. The molecule has 0 spiro atoms. The van der Waals surface area contributed by atoms with E-state index in [0.29, 0.717) is 22.3 Å². The van der Waals surface area contributed by atoms with Crippen molar-refractivity contribution in [2.45, 2.75) is 6.92 Å². The van der Waals surface area contributed by atoms with Crippen LogP contribution in [0, 0.1) is 6.92 Å². The number of carbonyl (C=O) groups is 1. The number of rotatable bonds is 7. The number of nitrogens with one attached hydrogen (secondary N) is 2. The number of benzene rings is 2. The fourth-order valence-electron chi connectivity index (χ4n) is 2.52. The quantitative estimate of drug-likeness (QED) is 0.598. The van der Waals surface area contributed by atoms with Crippen molar-refractivity contribution in [3.05, 3.63) is 71.4 Å². The first-order valence-electron chi connectivity index (χ1n) is 8.60. The molecule has 0 bridgehead atoms. The molecule has 0 atom stereocenters. The van der Waals surface area contributed by atoms with E-state index < -0.39 is 0 Å². The molecule has 0 radical (unpaired) electrons. The van der Waals surface area contributed by atoms with Crippen LogP contribution in [0.15, 0.2) is 60.8 Å². The summed E-state index contributed by atoms with van der Waals surface area (Å²) in [7, 11) is 1.55. The molecule has 1 amide bonds. The minimum atomic E-state index is -0.312. The van der Waals surface area contributed by atoms with Crippen molar-refractivity contribution >= 4 is 34.7 Å². The maximum atomic E-state index is 12.1. The Labute approximate surface area is 168 Å². The molecule has 2 aromatic carbocycles. The second-order valence-electron chi connectivity index (χ2n) is 6.00. The van der Waals surface area contributed by atoms with Gasteiger partial charge in [0.15, 0.2) is 18.1 Å². The zero-order valence-corrected chi connectivity index (χ0v) is 16.3. The van der Waals surface area contributed by atoms with Crippen molar-refractivity contribution in [1.29, 1.82) is 0 Å². The van der Waals surface area contributed by atoms with Gasteiger partial charge in [-0.3, -0.25) is 4.79 Å². The monoisotopic (exact) mass is 397 g/mol. The molecule has 2 N–H and O–H groups in total. The normalized spacial score (nSPS) is 10.2. The average molecular weight is 398 g/mol.